The summed E-state index contributed by atoms with van der Waals surface area (Å²) in [6.07, 6.45) is 4.90. The van der Waals surface area contributed by atoms with Crippen LogP contribution in [-0.2, 0) is 16.4 Å². The summed E-state index contributed by atoms with van der Waals surface area (Å²) in [6, 6.07) is 11.4. The molecular weight excluding hydrogens is 416 g/mol. The molecule has 8 nitrogen and oxygen atoms in total. The smallest absolute Gasteiger partial charge is 0.257 e. The molecule has 1 amide bonds. The number of benzene rings is 1. The van der Waals surface area contributed by atoms with Crippen LogP contribution in [0.3, 0.4) is 0 Å². The lowest BCUT2D eigenvalue weighted by atomic mass is 10.1. The van der Waals surface area contributed by atoms with Gasteiger partial charge >= 0.3 is 0 Å². The van der Waals surface area contributed by atoms with Gasteiger partial charge < -0.3 is 9.32 Å². The van der Waals surface area contributed by atoms with Gasteiger partial charge in [0.15, 0.2) is 5.76 Å². The molecule has 2 N–H and O–H groups in total. The van der Waals surface area contributed by atoms with Gasteiger partial charge in [0.25, 0.3) is 5.91 Å². The second-order valence-electron chi connectivity index (χ2n) is 7.68. The molecule has 9 heteroatoms. The van der Waals surface area contributed by atoms with Gasteiger partial charge in [0.1, 0.15) is 16.3 Å². The van der Waals surface area contributed by atoms with Crippen LogP contribution in [0.2, 0.25) is 0 Å². The van der Waals surface area contributed by atoms with E-state index in [-0.39, 0.29) is 22.3 Å². The predicted octanol–water partition coefficient (Wildman–Crippen LogP) is 3.13. The topological polar surface area (TPSA) is 108 Å². The Hall–Kier alpha value is -2.91. The molecule has 0 aliphatic carbocycles. The number of carbonyl (C=O) groups excluding carboxylic acids is 1. The number of aryl methyl sites for hydroxylation is 2. The second-order valence-corrected chi connectivity index (χ2v) is 9.41. The van der Waals surface area contributed by atoms with E-state index >= 15 is 0 Å². The van der Waals surface area contributed by atoms with Gasteiger partial charge in [-0.25, -0.2) is 13.1 Å². The normalized spacial score (nSPS) is 14.3. The van der Waals surface area contributed by atoms with E-state index in [0.29, 0.717) is 37.3 Å². The van der Waals surface area contributed by atoms with Gasteiger partial charge in [-0.15, -0.1) is 0 Å². The Kier molecular flexibility index (Phi) is 6.24. The Morgan fingerprint density at radius 2 is 1.97 bits per heavy atom. The highest BCUT2D eigenvalue weighted by Gasteiger charge is 2.27. The Morgan fingerprint density at radius 3 is 2.71 bits per heavy atom. The summed E-state index contributed by atoms with van der Waals surface area (Å²) < 4.78 is 34.0. The maximum atomic E-state index is 12.8. The number of aromatic nitrogens is 2. The van der Waals surface area contributed by atoms with E-state index < -0.39 is 10.0 Å². The van der Waals surface area contributed by atoms with Crippen molar-refractivity contribution in [1.29, 1.82) is 0 Å². The minimum absolute atomic E-state index is 0.0661. The number of likely N-dealkylation sites (tertiary alicyclic amines) is 1. The molecule has 0 atom stereocenters. The lowest BCUT2D eigenvalue weighted by molar-refractivity contribution is 0.0793. The average Bonchev–Trinajstić information content (AvgIpc) is 3.52. The third-order valence-electron chi connectivity index (χ3n) is 5.45. The van der Waals surface area contributed by atoms with E-state index in [0.717, 1.165) is 24.8 Å². The van der Waals surface area contributed by atoms with Crippen LogP contribution >= 0.6 is 0 Å². The van der Waals surface area contributed by atoms with Crippen LogP contribution in [0.1, 0.15) is 40.9 Å². The predicted molar refractivity (Wildman–Crippen MR) is 116 cm³/mol. The average molecular weight is 443 g/mol. The fourth-order valence-corrected chi connectivity index (χ4v) is 5.05. The van der Waals surface area contributed by atoms with Crippen molar-refractivity contribution >= 4 is 15.9 Å². The van der Waals surface area contributed by atoms with Crippen molar-refractivity contribution in [2.75, 3.05) is 19.6 Å². The summed E-state index contributed by atoms with van der Waals surface area (Å²) in [6.45, 7) is 3.35. The number of nitrogens with zero attached hydrogens (tertiary/aromatic N) is 2. The van der Waals surface area contributed by atoms with Gasteiger partial charge in [0.2, 0.25) is 10.0 Å². The fourth-order valence-electron chi connectivity index (χ4n) is 3.80. The molecule has 1 aliphatic rings. The van der Waals surface area contributed by atoms with Gasteiger partial charge in [0.05, 0.1) is 11.8 Å². The Morgan fingerprint density at radius 1 is 1.23 bits per heavy atom. The molecule has 3 aromatic rings. The van der Waals surface area contributed by atoms with Crippen LogP contribution in [0.5, 0.6) is 0 Å². The minimum Gasteiger partial charge on any atom is -0.458 e. The number of hydrogen-bond acceptors (Lipinski definition) is 5. The van der Waals surface area contributed by atoms with Crippen molar-refractivity contribution in [3.8, 4) is 11.5 Å². The number of hydrogen-bond donors (Lipinski definition) is 2. The van der Waals surface area contributed by atoms with Crippen LogP contribution in [0.15, 0.2) is 51.9 Å². The Balaban J connectivity index is 1.46. The summed E-state index contributed by atoms with van der Waals surface area (Å²) >= 11 is 0. The summed E-state index contributed by atoms with van der Waals surface area (Å²) in [5.74, 6) is 0.417. The molecule has 1 aromatic carbocycles. The molecule has 3 heterocycles. The van der Waals surface area contributed by atoms with Crippen LogP contribution in [0, 0.1) is 6.92 Å². The van der Waals surface area contributed by atoms with Gasteiger partial charge in [-0.05, 0) is 38.2 Å². The maximum Gasteiger partial charge on any atom is 0.257 e. The van der Waals surface area contributed by atoms with E-state index in [2.05, 4.69) is 14.9 Å². The standard InChI is InChI=1S/C22H26N4O4S/c1-16-20(31(28,29)24-11-7-10-17-8-3-2-4-9-17)14-19(30-16)21-18(15-23-25-21)22(27)26-12-5-6-13-26/h2-4,8-9,14-15,24H,5-7,10-13H2,1H3,(H,23,25). The first-order chi connectivity index (χ1) is 15.0. The van der Waals surface area contributed by atoms with Crippen LogP contribution in [-0.4, -0.2) is 49.1 Å². The van der Waals surface area contributed by atoms with Crippen LogP contribution in [0.25, 0.3) is 11.5 Å². The molecule has 2 aromatic heterocycles. The molecule has 0 spiro atoms. The highest BCUT2D eigenvalue weighted by Crippen LogP contribution is 2.30. The molecule has 1 aliphatic heterocycles. The number of aromatic amines is 1. The second kappa shape index (κ2) is 9.07. The molecule has 31 heavy (non-hydrogen) atoms. The van der Waals surface area contributed by atoms with Gasteiger partial charge in [-0.2, -0.15) is 5.10 Å². The van der Waals surface area contributed by atoms with Crippen molar-refractivity contribution < 1.29 is 17.6 Å². The van der Waals surface area contributed by atoms with E-state index in [1.807, 2.05) is 30.3 Å². The molecule has 1 saturated heterocycles. The zero-order valence-electron chi connectivity index (χ0n) is 17.4. The van der Waals surface area contributed by atoms with E-state index in [1.54, 1.807) is 11.8 Å². The van der Waals surface area contributed by atoms with Crippen molar-refractivity contribution in [2.24, 2.45) is 0 Å². The van der Waals surface area contributed by atoms with Crippen LogP contribution < -0.4 is 4.72 Å². The number of sulfonamides is 1. The molecule has 0 unspecified atom stereocenters. The molecule has 0 saturated carbocycles. The molecule has 1 fully saturated rings. The highest BCUT2D eigenvalue weighted by atomic mass is 32.2. The third-order valence-corrected chi connectivity index (χ3v) is 7.02. The van der Waals surface area contributed by atoms with E-state index in [9.17, 15) is 13.2 Å². The first-order valence-corrected chi connectivity index (χ1v) is 11.9. The number of amides is 1. The molecule has 4 rings (SSSR count). The summed E-state index contributed by atoms with van der Waals surface area (Å²) in [5.41, 5.74) is 1.94. The molecular formula is C22H26N4O4S. The summed E-state index contributed by atoms with van der Waals surface area (Å²) in [5, 5.41) is 6.77. The van der Waals surface area contributed by atoms with Gasteiger partial charge in [0, 0.05) is 25.7 Å². The number of rotatable bonds is 8. The van der Waals surface area contributed by atoms with Crippen molar-refractivity contribution in [3.63, 3.8) is 0 Å². The number of nitrogens with one attached hydrogen (secondary N) is 2. The fraction of sp³-hybridized carbons (Fsp3) is 0.364. The van der Waals surface area contributed by atoms with Gasteiger partial charge in [-0.3, -0.25) is 9.89 Å². The van der Waals surface area contributed by atoms with E-state index in [1.165, 1.54) is 12.3 Å². The quantitative estimate of drug-likeness (QED) is 0.521. The first kappa shape index (κ1) is 21.3. The zero-order valence-corrected chi connectivity index (χ0v) is 18.2. The SMILES string of the molecule is Cc1oc(-c2[nH]ncc2C(=O)N2CCCC2)cc1S(=O)(=O)NCCCc1ccccc1. The van der Waals surface area contributed by atoms with Crippen molar-refractivity contribution in [3.05, 3.63) is 59.5 Å². The lowest BCUT2D eigenvalue weighted by Crippen LogP contribution is -2.27. The Bertz CT molecular complexity index is 1150. The van der Waals surface area contributed by atoms with E-state index in [4.69, 9.17) is 4.42 Å². The minimum atomic E-state index is -3.74. The maximum absolute atomic E-state index is 12.8. The zero-order chi connectivity index (χ0) is 21.8. The number of H-pyrrole nitrogens is 1. The monoisotopic (exact) mass is 442 g/mol. The largest absolute Gasteiger partial charge is 0.458 e. The highest BCUT2D eigenvalue weighted by molar-refractivity contribution is 7.89. The lowest BCUT2D eigenvalue weighted by Gasteiger charge is -2.14. The molecule has 0 radical (unpaired) electrons. The summed E-state index contributed by atoms with van der Waals surface area (Å²) in [7, 11) is -3.74. The van der Waals surface area contributed by atoms with Gasteiger partial charge in [-0.1, -0.05) is 30.3 Å². The summed E-state index contributed by atoms with van der Waals surface area (Å²) in [4.78, 5) is 14.6. The molecule has 0 bridgehead atoms. The Labute approximate surface area is 181 Å². The molecule has 164 valence electrons. The number of carbonyl (C=O) groups is 1. The first-order valence-electron chi connectivity index (χ1n) is 10.4. The van der Waals surface area contributed by atoms with Crippen molar-refractivity contribution in [1.82, 2.24) is 19.8 Å². The van der Waals surface area contributed by atoms with Crippen LogP contribution in [0.4, 0.5) is 0 Å². The third kappa shape index (κ3) is 4.72. The van der Waals surface area contributed by atoms with Crippen molar-refractivity contribution in [2.45, 2.75) is 37.5 Å². The number of furan rings is 1.